The number of carbonyl (C=O) groups excluding carboxylic acids is 6. The number of urea groups is 1. The highest BCUT2D eigenvalue weighted by atomic mass is 16.3. The van der Waals surface area contributed by atoms with Crippen LogP contribution < -0.4 is 60.2 Å². The SMILES string of the molecule is NCC1NC(=O)C(CO)NC(=O)[C@@H](N)CNC(=O)C([C@H]2CCNC(N)=N2)NC(=O)/C(=C/NC(N)=O)NC1=O. The Morgan fingerprint density at radius 2 is 1.71 bits per heavy atom. The van der Waals surface area contributed by atoms with E-state index in [1.54, 1.807) is 0 Å². The van der Waals surface area contributed by atoms with Crippen molar-refractivity contribution in [2.75, 3.05) is 26.2 Å². The molecule has 3 unspecified atom stereocenters. The maximum absolute atomic E-state index is 13.1. The summed E-state index contributed by atoms with van der Waals surface area (Å²) in [6, 6.07) is -7.64. The van der Waals surface area contributed by atoms with Gasteiger partial charge in [0, 0.05) is 25.8 Å². The van der Waals surface area contributed by atoms with E-state index >= 15 is 0 Å². The zero-order chi connectivity index (χ0) is 28.4. The van der Waals surface area contributed by atoms with E-state index in [4.69, 9.17) is 22.9 Å². The summed E-state index contributed by atoms with van der Waals surface area (Å²) in [5, 5.41) is 25.8. The lowest BCUT2D eigenvalue weighted by Gasteiger charge is -2.29. The molecule has 0 bridgehead atoms. The Hall–Kier alpha value is -4.49. The summed E-state index contributed by atoms with van der Waals surface area (Å²) >= 11 is 0. The Morgan fingerprint density at radius 3 is 2.32 bits per heavy atom. The van der Waals surface area contributed by atoms with Crippen LogP contribution in [0, 0.1) is 0 Å². The molecule has 2 rings (SSSR count). The van der Waals surface area contributed by atoms with Crippen LogP contribution in [0.25, 0.3) is 0 Å². The second-order valence-electron chi connectivity index (χ2n) is 8.20. The molecule has 7 amide bonds. The van der Waals surface area contributed by atoms with Gasteiger partial charge in [0.05, 0.1) is 12.6 Å². The van der Waals surface area contributed by atoms with Crippen LogP contribution >= 0.6 is 0 Å². The molecule has 2 aliphatic rings. The van der Waals surface area contributed by atoms with Crippen LogP contribution in [0.4, 0.5) is 4.79 Å². The average molecular weight is 541 g/mol. The topological polar surface area (TPSA) is 323 Å². The Balaban J connectivity index is 2.48. The quantitative estimate of drug-likeness (QED) is 0.148. The maximum Gasteiger partial charge on any atom is 0.316 e. The fourth-order valence-corrected chi connectivity index (χ4v) is 3.35. The van der Waals surface area contributed by atoms with Crippen LogP contribution in [0.1, 0.15) is 6.42 Å². The molecule has 0 aliphatic carbocycles. The molecule has 1 saturated heterocycles. The molecule has 19 nitrogen and oxygen atoms in total. The Bertz CT molecular complexity index is 1020. The molecular formula is C19H32N12O7. The van der Waals surface area contributed by atoms with Gasteiger partial charge in [0.15, 0.2) is 5.96 Å². The molecule has 0 aromatic rings. The number of nitrogens with one attached hydrogen (secondary N) is 7. The van der Waals surface area contributed by atoms with Crippen molar-refractivity contribution in [3.8, 4) is 0 Å². The van der Waals surface area contributed by atoms with Gasteiger partial charge in [-0.05, 0) is 6.42 Å². The molecule has 0 spiro atoms. The number of rotatable bonds is 4. The molecule has 0 saturated carbocycles. The second kappa shape index (κ2) is 13.7. The number of guanidine groups is 1. The number of amides is 7. The van der Waals surface area contributed by atoms with E-state index < -0.39 is 91.2 Å². The van der Waals surface area contributed by atoms with Gasteiger partial charge in [-0.1, -0.05) is 0 Å². The predicted molar refractivity (Wildman–Crippen MR) is 130 cm³/mol. The van der Waals surface area contributed by atoms with Crippen molar-refractivity contribution < 1.29 is 33.9 Å². The number of nitrogens with zero attached hydrogens (tertiary/aromatic N) is 1. The standard InChI is InChI=1S/C19H32N12O7/c20-3-9-14(34)28-10(5-26-19(23)38)15(35)31-12(8-1-2-24-18(22)30-8)17(37)25-4-7(21)13(33)29-11(6-32)16(36)27-9/h5,7-9,11-12,32H,1-4,6,20-21H2,(H,25,37)(H,27,36)(H,28,34)(H,29,33)(H,31,35)(H3,22,24,30)(H3,23,26,38)/b10-5-/t7-,8+,9?,11?,12?/m0/s1. The number of primary amides is 1. The molecule has 0 aromatic heterocycles. The Kier molecular flexibility index (Phi) is 10.7. The van der Waals surface area contributed by atoms with Gasteiger partial charge < -0.3 is 65.3 Å². The van der Waals surface area contributed by atoms with E-state index in [2.05, 4.69) is 36.9 Å². The summed E-state index contributed by atoms with van der Waals surface area (Å²) in [6.45, 7) is -1.42. The molecule has 1 fully saturated rings. The van der Waals surface area contributed by atoms with Crippen LogP contribution in [0.15, 0.2) is 16.9 Å². The van der Waals surface area contributed by atoms with E-state index in [1.165, 1.54) is 0 Å². The molecule has 2 heterocycles. The van der Waals surface area contributed by atoms with Crippen LogP contribution in [-0.2, 0) is 24.0 Å². The first-order valence-corrected chi connectivity index (χ1v) is 11.4. The van der Waals surface area contributed by atoms with Crippen molar-refractivity contribution in [3.05, 3.63) is 11.9 Å². The lowest BCUT2D eigenvalue weighted by atomic mass is 10.0. The summed E-state index contributed by atoms with van der Waals surface area (Å²) in [6.07, 6.45) is 1.03. The number of aliphatic imine (C=N–C) groups is 1. The fourth-order valence-electron chi connectivity index (χ4n) is 3.35. The van der Waals surface area contributed by atoms with Gasteiger partial charge in [-0.25, -0.2) is 9.79 Å². The zero-order valence-corrected chi connectivity index (χ0v) is 20.2. The molecular weight excluding hydrogens is 508 g/mol. The van der Waals surface area contributed by atoms with Crippen LogP contribution in [0.2, 0.25) is 0 Å². The van der Waals surface area contributed by atoms with Gasteiger partial charge in [-0.3, -0.25) is 24.0 Å². The van der Waals surface area contributed by atoms with Crippen molar-refractivity contribution in [2.45, 2.75) is 36.6 Å². The van der Waals surface area contributed by atoms with Gasteiger partial charge >= 0.3 is 6.03 Å². The Morgan fingerprint density at radius 1 is 1.03 bits per heavy atom. The first-order valence-electron chi connectivity index (χ1n) is 11.4. The second-order valence-corrected chi connectivity index (χ2v) is 8.20. The van der Waals surface area contributed by atoms with Crippen LogP contribution in [0.3, 0.4) is 0 Å². The van der Waals surface area contributed by atoms with E-state index in [0.717, 1.165) is 6.20 Å². The lowest BCUT2D eigenvalue weighted by Crippen LogP contribution is -2.62. The minimum Gasteiger partial charge on any atom is -0.394 e. The van der Waals surface area contributed by atoms with Crippen molar-refractivity contribution in [2.24, 2.45) is 27.9 Å². The third kappa shape index (κ3) is 8.28. The zero-order valence-electron chi connectivity index (χ0n) is 20.2. The van der Waals surface area contributed by atoms with E-state index in [0.29, 0.717) is 6.54 Å². The average Bonchev–Trinajstić information content (AvgIpc) is 2.88. The van der Waals surface area contributed by atoms with Crippen LogP contribution in [-0.4, -0.2) is 103 Å². The number of nitrogens with two attached hydrogens (primary N) is 4. The fraction of sp³-hybridized carbons (Fsp3) is 0.526. The van der Waals surface area contributed by atoms with Gasteiger partial charge in [0.1, 0.15) is 29.9 Å². The molecule has 19 heteroatoms. The van der Waals surface area contributed by atoms with Crippen molar-refractivity contribution in [1.82, 2.24) is 37.2 Å². The molecule has 5 atom stereocenters. The third-order valence-corrected chi connectivity index (χ3v) is 5.38. The van der Waals surface area contributed by atoms with E-state index in [1.807, 2.05) is 5.32 Å². The highest BCUT2D eigenvalue weighted by Crippen LogP contribution is 2.09. The number of aliphatic hydroxyl groups is 1. The minimum atomic E-state index is -1.52. The van der Waals surface area contributed by atoms with Crippen molar-refractivity contribution in [3.63, 3.8) is 0 Å². The third-order valence-electron chi connectivity index (χ3n) is 5.38. The highest BCUT2D eigenvalue weighted by Gasteiger charge is 2.34. The lowest BCUT2D eigenvalue weighted by molar-refractivity contribution is -0.133. The molecule has 16 N–H and O–H groups in total. The van der Waals surface area contributed by atoms with Crippen LogP contribution in [0.5, 0.6) is 0 Å². The Labute approximate surface area is 215 Å². The molecule has 0 aromatic carbocycles. The first-order chi connectivity index (χ1) is 18.0. The predicted octanol–water partition coefficient (Wildman–Crippen LogP) is -7.85. The molecule has 0 radical (unpaired) electrons. The molecule has 38 heavy (non-hydrogen) atoms. The monoisotopic (exact) mass is 540 g/mol. The summed E-state index contributed by atoms with van der Waals surface area (Å²) in [5.74, 6) is -4.73. The van der Waals surface area contributed by atoms with Crippen molar-refractivity contribution in [1.29, 1.82) is 0 Å². The van der Waals surface area contributed by atoms with Gasteiger partial charge in [-0.2, -0.15) is 0 Å². The smallest absolute Gasteiger partial charge is 0.316 e. The summed E-state index contributed by atoms with van der Waals surface area (Å²) < 4.78 is 0. The molecule has 210 valence electrons. The van der Waals surface area contributed by atoms with E-state index in [9.17, 15) is 33.9 Å². The van der Waals surface area contributed by atoms with Gasteiger partial charge in [-0.15, -0.1) is 0 Å². The number of carbonyl (C=O) groups is 6. The van der Waals surface area contributed by atoms with E-state index in [-0.39, 0.29) is 12.4 Å². The number of hydrogen-bond donors (Lipinski definition) is 12. The molecule has 2 aliphatic heterocycles. The summed E-state index contributed by atoms with van der Waals surface area (Å²) in [4.78, 5) is 79.3. The largest absolute Gasteiger partial charge is 0.394 e. The van der Waals surface area contributed by atoms with Gasteiger partial charge in [0.2, 0.25) is 23.6 Å². The number of aliphatic hydroxyl groups excluding tert-OH is 1. The maximum atomic E-state index is 13.1. The first kappa shape index (κ1) is 29.7. The highest BCUT2D eigenvalue weighted by molar-refractivity contribution is 6.02. The summed E-state index contributed by atoms with van der Waals surface area (Å²) in [5.41, 5.74) is 21.6. The van der Waals surface area contributed by atoms with Crippen molar-refractivity contribution >= 4 is 41.5 Å². The normalized spacial score (nSPS) is 29.0. The minimum absolute atomic E-state index is 0.0163. The summed E-state index contributed by atoms with van der Waals surface area (Å²) in [7, 11) is 0. The van der Waals surface area contributed by atoms with Gasteiger partial charge in [0.25, 0.3) is 5.91 Å². The number of hydrogen-bond acceptors (Lipinski definition) is 12.